The number of aromatic nitrogens is 1. The van der Waals surface area contributed by atoms with Crippen LogP contribution in [-0.4, -0.2) is 28.6 Å². The molecule has 6 heteroatoms. The van der Waals surface area contributed by atoms with Crippen molar-refractivity contribution in [2.45, 2.75) is 58.1 Å². The van der Waals surface area contributed by atoms with Crippen LogP contribution in [0.2, 0.25) is 0 Å². The second-order valence-electron chi connectivity index (χ2n) is 6.59. The van der Waals surface area contributed by atoms with Crippen molar-refractivity contribution in [3.63, 3.8) is 0 Å². The molecule has 0 aliphatic heterocycles. The zero-order valence-corrected chi connectivity index (χ0v) is 15.2. The van der Waals surface area contributed by atoms with Crippen molar-refractivity contribution in [1.82, 2.24) is 9.88 Å². The average molecular weight is 348 g/mol. The van der Waals surface area contributed by atoms with E-state index in [-0.39, 0.29) is 11.9 Å². The van der Waals surface area contributed by atoms with Crippen LogP contribution in [0, 0.1) is 6.92 Å². The lowest BCUT2D eigenvalue weighted by Crippen LogP contribution is -2.42. The monoisotopic (exact) mass is 348 g/mol. The molecule has 1 aliphatic carbocycles. The van der Waals surface area contributed by atoms with Crippen molar-refractivity contribution in [2.75, 3.05) is 0 Å². The molecule has 2 aromatic heterocycles. The summed E-state index contributed by atoms with van der Waals surface area (Å²) in [5, 5.41) is 3.00. The van der Waals surface area contributed by atoms with Crippen molar-refractivity contribution in [1.29, 1.82) is 0 Å². The van der Waals surface area contributed by atoms with Crippen LogP contribution in [0.25, 0.3) is 10.2 Å². The SMILES string of the molecule is Cc1cc2c(cc(C(=O)OC(C)C(=O)NC3CCCCC3)n2C)s1. The number of hydrogen-bond acceptors (Lipinski definition) is 4. The Morgan fingerprint density at radius 2 is 2.00 bits per heavy atom. The van der Waals surface area contributed by atoms with Crippen molar-refractivity contribution >= 4 is 33.4 Å². The molecule has 0 radical (unpaired) electrons. The molecule has 0 aromatic carbocycles. The first-order valence-electron chi connectivity index (χ1n) is 8.53. The van der Waals surface area contributed by atoms with Gasteiger partial charge in [-0.1, -0.05) is 19.3 Å². The predicted octanol–water partition coefficient (Wildman–Crippen LogP) is 3.54. The summed E-state index contributed by atoms with van der Waals surface area (Å²) in [6.07, 6.45) is 4.78. The Morgan fingerprint density at radius 3 is 2.67 bits per heavy atom. The fraction of sp³-hybridized carbons (Fsp3) is 0.556. The van der Waals surface area contributed by atoms with Gasteiger partial charge in [-0.05, 0) is 38.8 Å². The topological polar surface area (TPSA) is 60.3 Å². The number of fused-ring (bicyclic) bond motifs is 1. The van der Waals surface area contributed by atoms with Crippen LogP contribution in [0.3, 0.4) is 0 Å². The highest BCUT2D eigenvalue weighted by Gasteiger charge is 2.24. The summed E-state index contributed by atoms with van der Waals surface area (Å²) < 4.78 is 8.27. The molecule has 5 nitrogen and oxygen atoms in total. The van der Waals surface area contributed by atoms with E-state index in [1.54, 1.807) is 18.3 Å². The summed E-state index contributed by atoms with van der Waals surface area (Å²) in [5.41, 5.74) is 1.50. The number of nitrogens with one attached hydrogen (secondary N) is 1. The summed E-state index contributed by atoms with van der Waals surface area (Å²) in [6.45, 7) is 3.67. The van der Waals surface area contributed by atoms with Gasteiger partial charge in [-0.25, -0.2) is 4.79 Å². The van der Waals surface area contributed by atoms with Crippen LogP contribution in [-0.2, 0) is 16.6 Å². The number of rotatable bonds is 4. The van der Waals surface area contributed by atoms with Crippen LogP contribution in [0.4, 0.5) is 0 Å². The molecule has 24 heavy (non-hydrogen) atoms. The number of esters is 1. The van der Waals surface area contributed by atoms with Crippen LogP contribution in [0.15, 0.2) is 12.1 Å². The van der Waals surface area contributed by atoms with Gasteiger partial charge in [0.05, 0.1) is 10.2 Å². The van der Waals surface area contributed by atoms with E-state index >= 15 is 0 Å². The lowest BCUT2D eigenvalue weighted by molar-refractivity contribution is -0.130. The van der Waals surface area contributed by atoms with Gasteiger partial charge in [-0.3, -0.25) is 4.79 Å². The zero-order valence-electron chi connectivity index (χ0n) is 14.4. The Bertz CT molecular complexity index is 756. The van der Waals surface area contributed by atoms with Gasteiger partial charge in [-0.2, -0.15) is 0 Å². The molecular weight excluding hydrogens is 324 g/mol. The summed E-state index contributed by atoms with van der Waals surface area (Å²) in [6, 6.07) is 4.10. The maximum Gasteiger partial charge on any atom is 0.355 e. The molecule has 1 amide bonds. The Hall–Kier alpha value is -1.82. The van der Waals surface area contributed by atoms with E-state index in [1.807, 2.05) is 24.6 Å². The number of nitrogens with zero attached hydrogens (tertiary/aromatic N) is 1. The van der Waals surface area contributed by atoms with Gasteiger partial charge in [0.1, 0.15) is 5.69 Å². The zero-order chi connectivity index (χ0) is 17.3. The smallest absolute Gasteiger partial charge is 0.355 e. The summed E-state index contributed by atoms with van der Waals surface area (Å²) in [7, 11) is 1.85. The van der Waals surface area contributed by atoms with Crippen LogP contribution < -0.4 is 5.32 Å². The lowest BCUT2D eigenvalue weighted by atomic mass is 9.95. The molecule has 0 saturated heterocycles. The third kappa shape index (κ3) is 3.48. The Kier molecular flexibility index (Phi) is 4.94. The average Bonchev–Trinajstić information content (AvgIpc) is 3.06. The van der Waals surface area contributed by atoms with E-state index in [9.17, 15) is 9.59 Å². The van der Waals surface area contributed by atoms with Crippen molar-refractivity contribution in [3.8, 4) is 0 Å². The predicted molar refractivity (Wildman–Crippen MR) is 95.4 cm³/mol. The third-order valence-corrected chi connectivity index (χ3v) is 5.65. The van der Waals surface area contributed by atoms with Gasteiger partial charge in [0.25, 0.3) is 5.91 Å². The van der Waals surface area contributed by atoms with E-state index < -0.39 is 12.1 Å². The minimum atomic E-state index is -0.783. The van der Waals surface area contributed by atoms with Crippen molar-refractivity contribution in [2.24, 2.45) is 7.05 Å². The molecule has 1 fully saturated rings. The highest BCUT2D eigenvalue weighted by Crippen LogP contribution is 2.28. The number of ether oxygens (including phenoxy) is 1. The van der Waals surface area contributed by atoms with E-state index in [2.05, 4.69) is 11.4 Å². The molecule has 1 N–H and O–H groups in total. The molecule has 0 spiro atoms. The number of aryl methyl sites for hydroxylation is 2. The van der Waals surface area contributed by atoms with E-state index in [1.165, 1.54) is 11.3 Å². The molecule has 1 aliphatic rings. The lowest BCUT2D eigenvalue weighted by Gasteiger charge is -2.24. The fourth-order valence-corrected chi connectivity index (χ4v) is 4.26. The van der Waals surface area contributed by atoms with Crippen LogP contribution in [0.1, 0.15) is 54.4 Å². The van der Waals surface area contributed by atoms with Gasteiger partial charge in [0, 0.05) is 18.0 Å². The van der Waals surface area contributed by atoms with Gasteiger partial charge in [0.15, 0.2) is 6.10 Å². The Labute approximate surface area is 146 Å². The number of hydrogen-bond donors (Lipinski definition) is 1. The minimum Gasteiger partial charge on any atom is -0.448 e. The second kappa shape index (κ2) is 6.97. The molecule has 1 saturated carbocycles. The number of carbonyl (C=O) groups excluding carboxylic acids is 2. The van der Waals surface area contributed by atoms with Crippen molar-refractivity contribution in [3.05, 3.63) is 22.7 Å². The summed E-state index contributed by atoms with van der Waals surface area (Å²) in [5.74, 6) is -0.660. The number of amides is 1. The van der Waals surface area contributed by atoms with Gasteiger partial charge < -0.3 is 14.6 Å². The molecular formula is C18H24N2O3S. The molecule has 1 unspecified atom stereocenters. The Balaban J connectivity index is 1.63. The standard InChI is InChI=1S/C18H24N2O3S/c1-11-9-14-16(24-11)10-15(20(14)3)18(22)23-12(2)17(21)19-13-7-5-4-6-8-13/h9-10,12-13H,4-8H2,1-3H3,(H,19,21). The van der Waals surface area contributed by atoms with Crippen LogP contribution in [0.5, 0.6) is 0 Å². The number of carbonyl (C=O) groups is 2. The highest BCUT2D eigenvalue weighted by molar-refractivity contribution is 7.19. The molecule has 2 aromatic rings. The highest BCUT2D eigenvalue weighted by atomic mass is 32.1. The molecule has 130 valence electrons. The third-order valence-electron chi connectivity index (χ3n) is 4.67. The van der Waals surface area contributed by atoms with Gasteiger partial charge in [0.2, 0.25) is 0 Å². The van der Waals surface area contributed by atoms with Crippen molar-refractivity contribution < 1.29 is 14.3 Å². The van der Waals surface area contributed by atoms with E-state index in [0.29, 0.717) is 5.69 Å². The Morgan fingerprint density at radius 1 is 1.29 bits per heavy atom. The van der Waals surface area contributed by atoms with Gasteiger partial charge in [-0.15, -0.1) is 11.3 Å². The molecule has 1 atom stereocenters. The first kappa shape index (κ1) is 17.0. The summed E-state index contributed by atoms with van der Waals surface area (Å²) in [4.78, 5) is 25.8. The largest absolute Gasteiger partial charge is 0.448 e. The maximum absolute atomic E-state index is 12.4. The minimum absolute atomic E-state index is 0.206. The first-order valence-corrected chi connectivity index (χ1v) is 9.34. The molecule has 3 rings (SSSR count). The summed E-state index contributed by atoms with van der Waals surface area (Å²) >= 11 is 1.65. The van der Waals surface area contributed by atoms with E-state index in [0.717, 1.165) is 35.9 Å². The van der Waals surface area contributed by atoms with E-state index in [4.69, 9.17) is 4.74 Å². The molecule has 0 bridgehead atoms. The normalized spacial score (nSPS) is 17.0. The maximum atomic E-state index is 12.4. The quantitative estimate of drug-likeness (QED) is 0.860. The van der Waals surface area contributed by atoms with Gasteiger partial charge >= 0.3 is 5.97 Å². The number of thiophene rings is 1. The van der Waals surface area contributed by atoms with Crippen LogP contribution >= 0.6 is 11.3 Å². The fourth-order valence-electron chi connectivity index (χ4n) is 3.27. The molecule has 2 heterocycles. The first-order chi connectivity index (χ1) is 11.5. The second-order valence-corrected chi connectivity index (χ2v) is 7.87.